The van der Waals surface area contributed by atoms with Crippen molar-refractivity contribution in [2.24, 2.45) is 0 Å². The van der Waals surface area contributed by atoms with Crippen LogP contribution < -0.4 is 0 Å². The van der Waals surface area contributed by atoms with E-state index in [2.05, 4.69) is 29.2 Å². The lowest BCUT2D eigenvalue weighted by atomic mass is 9.89. The summed E-state index contributed by atoms with van der Waals surface area (Å²) in [5.41, 5.74) is 0.828. The number of ether oxygens (including phenoxy) is 1. The van der Waals surface area contributed by atoms with E-state index < -0.39 is 5.60 Å². The molecule has 1 aromatic carbocycles. The Morgan fingerprint density at radius 1 is 1.14 bits per heavy atom. The molecule has 1 unspecified atom stereocenters. The van der Waals surface area contributed by atoms with Gasteiger partial charge in [-0.05, 0) is 18.4 Å². The fourth-order valence-corrected chi connectivity index (χ4v) is 3.86. The van der Waals surface area contributed by atoms with E-state index in [0.29, 0.717) is 6.04 Å². The molecule has 0 aromatic heterocycles. The first-order valence-corrected chi connectivity index (χ1v) is 8.34. The summed E-state index contributed by atoms with van der Waals surface area (Å²) in [6.07, 6.45) is 7.52. The van der Waals surface area contributed by atoms with Crippen molar-refractivity contribution >= 4 is 0 Å². The van der Waals surface area contributed by atoms with Gasteiger partial charge in [-0.25, -0.2) is 0 Å². The van der Waals surface area contributed by atoms with Gasteiger partial charge in [0.1, 0.15) is 5.60 Å². The van der Waals surface area contributed by atoms with Gasteiger partial charge in [-0.3, -0.25) is 4.90 Å². The van der Waals surface area contributed by atoms with Gasteiger partial charge < -0.3 is 9.84 Å². The lowest BCUT2D eigenvalue weighted by Gasteiger charge is -2.46. The summed E-state index contributed by atoms with van der Waals surface area (Å²) < 4.78 is 6.05. The van der Waals surface area contributed by atoms with Crippen LogP contribution in [0.15, 0.2) is 30.3 Å². The van der Waals surface area contributed by atoms with E-state index in [-0.39, 0.29) is 6.61 Å². The zero-order valence-electron chi connectivity index (χ0n) is 12.8. The molecule has 1 N–H and O–H groups in total. The highest BCUT2D eigenvalue weighted by Crippen LogP contribution is 2.29. The number of aliphatic hydroxyl groups is 1. The molecule has 1 aliphatic heterocycles. The van der Waals surface area contributed by atoms with Crippen molar-refractivity contribution in [3.8, 4) is 0 Å². The summed E-state index contributed by atoms with van der Waals surface area (Å²) >= 11 is 0. The first-order chi connectivity index (χ1) is 10.3. The summed E-state index contributed by atoms with van der Waals surface area (Å²) in [5.74, 6) is 0. The maximum atomic E-state index is 9.97. The van der Waals surface area contributed by atoms with E-state index in [4.69, 9.17) is 4.74 Å². The quantitative estimate of drug-likeness (QED) is 0.925. The molecule has 1 heterocycles. The highest BCUT2D eigenvalue weighted by atomic mass is 16.5. The standard InChI is InChI=1S/C18H27NO2/c20-15-18(13-16-7-3-1-4-8-16)14-19(11-12-21-18)17-9-5-2-6-10-17/h1,3-4,7-8,17,20H,2,5-6,9-15H2. The summed E-state index contributed by atoms with van der Waals surface area (Å²) in [7, 11) is 0. The Morgan fingerprint density at radius 2 is 1.90 bits per heavy atom. The molecule has 1 aliphatic carbocycles. The Balaban J connectivity index is 1.69. The van der Waals surface area contributed by atoms with E-state index >= 15 is 0 Å². The van der Waals surface area contributed by atoms with Crippen LogP contribution in [-0.2, 0) is 11.2 Å². The molecule has 1 aromatic rings. The number of morpholine rings is 1. The third-order valence-corrected chi connectivity index (χ3v) is 5.03. The Bertz CT molecular complexity index is 430. The second kappa shape index (κ2) is 6.91. The average Bonchev–Trinajstić information content (AvgIpc) is 2.57. The minimum absolute atomic E-state index is 0.102. The van der Waals surface area contributed by atoms with Crippen LogP contribution >= 0.6 is 0 Å². The van der Waals surface area contributed by atoms with E-state index in [9.17, 15) is 5.11 Å². The minimum atomic E-state index is -0.420. The van der Waals surface area contributed by atoms with Gasteiger partial charge in [0.15, 0.2) is 0 Å². The molecule has 21 heavy (non-hydrogen) atoms. The van der Waals surface area contributed by atoms with Crippen molar-refractivity contribution in [1.82, 2.24) is 4.90 Å². The number of hydrogen-bond acceptors (Lipinski definition) is 3. The predicted octanol–water partition coefficient (Wildman–Crippen LogP) is 2.63. The molecular weight excluding hydrogens is 262 g/mol. The van der Waals surface area contributed by atoms with Crippen molar-refractivity contribution in [3.05, 3.63) is 35.9 Å². The number of rotatable bonds is 4. The lowest BCUT2D eigenvalue weighted by molar-refractivity contribution is -0.142. The summed E-state index contributed by atoms with van der Waals surface area (Å²) in [4.78, 5) is 2.57. The maximum Gasteiger partial charge on any atom is 0.108 e. The fraction of sp³-hybridized carbons (Fsp3) is 0.667. The van der Waals surface area contributed by atoms with Crippen molar-refractivity contribution in [3.63, 3.8) is 0 Å². The summed E-state index contributed by atoms with van der Waals surface area (Å²) in [6, 6.07) is 11.1. The van der Waals surface area contributed by atoms with E-state index in [1.54, 1.807) is 0 Å². The largest absolute Gasteiger partial charge is 0.393 e. The highest BCUT2D eigenvalue weighted by molar-refractivity contribution is 5.18. The number of benzene rings is 1. The lowest BCUT2D eigenvalue weighted by Crippen LogP contribution is -2.58. The molecule has 1 saturated heterocycles. The Labute approximate surface area is 127 Å². The molecule has 116 valence electrons. The normalized spacial score (nSPS) is 28.6. The van der Waals surface area contributed by atoms with Gasteiger partial charge in [0.05, 0.1) is 13.2 Å². The topological polar surface area (TPSA) is 32.7 Å². The van der Waals surface area contributed by atoms with Crippen molar-refractivity contribution in [2.75, 3.05) is 26.3 Å². The van der Waals surface area contributed by atoms with Crippen molar-refractivity contribution < 1.29 is 9.84 Å². The minimum Gasteiger partial charge on any atom is -0.393 e. The van der Waals surface area contributed by atoms with Crippen LogP contribution in [0.1, 0.15) is 37.7 Å². The van der Waals surface area contributed by atoms with Crippen LogP contribution in [0, 0.1) is 0 Å². The monoisotopic (exact) mass is 289 g/mol. The maximum absolute atomic E-state index is 9.97. The Hall–Kier alpha value is -0.900. The van der Waals surface area contributed by atoms with Gasteiger partial charge in [-0.15, -0.1) is 0 Å². The van der Waals surface area contributed by atoms with E-state index in [1.807, 2.05) is 6.07 Å². The van der Waals surface area contributed by atoms with Gasteiger partial charge in [0.25, 0.3) is 0 Å². The van der Waals surface area contributed by atoms with Gasteiger partial charge in [-0.2, -0.15) is 0 Å². The first-order valence-electron chi connectivity index (χ1n) is 8.34. The predicted molar refractivity (Wildman–Crippen MR) is 84.4 cm³/mol. The fourth-order valence-electron chi connectivity index (χ4n) is 3.86. The van der Waals surface area contributed by atoms with Crippen LogP contribution in [0.4, 0.5) is 0 Å². The molecular formula is C18H27NO2. The van der Waals surface area contributed by atoms with Crippen LogP contribution in [0.25, 0.3) is 0 Å². The van der Waals surface area contributed by atoms with E-state index in [1.165, 1.54) is 37.7 Å². The van der Waals surface area contributed by atoms with Crippen molar-refractivity contribution in [1.29, 1.82) is 0 Å². The SMILES string of the molecule is OCC1(Cc2ccccc2)CN(C2CCCCC2)CCO1. The molecule has 0 amide bonds. The number of hydrogen-bond donors (Lipinski definition) is 1. The van der Waals surface area contributed by atoms with Crippen LogP contribution in [-0.4, -0.2) is 48.0 Å². The first kappa shape index (κ1) is 15.0. The molecule has 2 fully saturated rings. The third-order valence-electron chi connectivity index (χ3n) is 5.03. The highest BCUT2D eigenvalue weighted by Gasteiger charge is 2.38. The third kappa shape index (κ3) is 3.65. The van der Waals surface area contributed by atoms with E-state index in [0.717, 1.165) is 26.1 Å². The molecule has 1 saturated carbocycles. The average molecular weight is 289 g/mol. The van der Waals surface area contributed by atoms with Gasteiger partial charge >= 0.3 is 0 Å². The van der Waals surface area contributed by atoms with Gasteiger partial charge in [-0.1, -0.05) is 49.6 Å². The number of aliphatic hydroxyl groups excluding tert-OH is 1. The zero-order valence-corrected chi connectivity index (χ0v) is 12.8. The molecule has 1 atom stereocenters. The molecule has 0 bridgehead atoms. The second-order valence-corrected chi connectivity index (χ2v) is 6.61. The number of nitrogens with zero attached hydrogens (tertiary/aromatic N) is 1. The van der Waals surface area contributed by atoms with Crippen LogP contribution in [0.5, 0.6) is 0 Å². The van der Waals surface area contributed by atoms with Gasteiger partial charge in [0.2, 0.25) is 0 Å². The van der Waals surface area contributed by atoms with Crippen LogP contribution in [0.3, 0.4) is 0 Å². The summed E-state index contributed by atoms with van der Waals surface area (Å²) in [6.45, 7) is 2.72. The van der Waals surface area contributed by atoms with Crippen LogP contribution in [0.2, 0.25) is 0 Å². The Morgan fingerprint density at radius 3 is 2.62 bits per heavy atom. The Kier molecular flexibility index (Phi) is 4.94. The molecule has 3 rings (SSSR count). The van der Waals surface area contributed by atoms with Crippen molar-refractivity contribution in [2.45, 2.75) is 50.2 Å². The van der Waals surface area contributed by atoms with Gasteiger partial charge in [0, 0.05) is 25.6 Å². The molecule has 2 aliphatic rings. The molecule has 0 spiro atoms. The molecule has 3 heteroatoms. The molecule has 0 radical (unpaired) electrons. The smallest absolute Gasteiger partial charge is 0.108 e. The molecule has 3 nitrogen and oxygen atoms in total. The second-order valence-electron chi connectivity index (χ2n) is 6.61. The zero-order chi connectivity index (χ0) is 14.5. The summed E-state index contributed by atoms with van der Waals surface area (Å²) in [5, 5.41) is 9.97.